The SMILES string of the molecule is Cc1cc(=O)c(C(=O)N(C)C(C)c2cccc([N+](=O)[O-])c2)nn1-c1ccccc1. The number of aromatic nitrogens is 2. The van der Waals surface area contributed by atoms with Crippen molar-refractivity contribution in [3.63, 3.8) is 0 Å². The molecule has 3 rings (SSSR count). The number of carbonyl (C=O) groups excluding carboxylic acids is 1. The second kappa shape index (κ2) is 8.05. The number of aryl methyl sites for hydroxylation is 1. The maximum Gasteiger partial charge on any atom is 0.278 e. The van der Waals surface area contributed by atoms with Crippen molar-refractivity contribution in [2.24, 2.45) is 0 Å². The molecule has 8 nitrogen and oxygen atoms in total. The molecule has 0 spiro atoms. The van der Waals surface area contributed by atoms with E-state index in [0.717, 1.165) is 5.69 Å². The van der Waals surface area contributed by atoms with Gasteiger partial charge in [-0.15, -0.1) is 0 Å². The number of benzene rings is 2. The van der Waals surface area contributed by atoms with E-state index in [1.54, 1.807) is 37.7 Å². The highest BCUT2D eigenvalue weighted by atomic mass is 16.6. The molecule has 0 saturated carbocycles. The van der Waals surface area contributed by atoms with Gasteiger partial charge in [0.15, 0.2) is 5.69 Å². The van der Waals surface area contributed by atoms with Crippen LogP contribution in [0.25, 0.3) is 5.69 Å². The molecule has 0 aliphatic heterocycles. The zero-order valence-electron chi connectivity index (χ0n) is 16.3. The molecule has 0 aliphatic rings. The van der Waals surface area contributed by atoms with Gasteiger partial charge in [-0.1, -0.05) is 30.3 Å². The van der Waals surface area contributed by atoms with Gasteiger partial charge in [0.1, 0.15) is 0 Å². The summed E-state index contributed by atoms with van der Waals surface area (Å²) < 4.78 is 1.54. The lowest BCUT2D eigenvalue weighted by Gasteiger charge is -2.25. The van der Waals surface area contributed by atoms with Crippen molar-refractivity contribution in [2.75, 3.05) is 7.05 Å². The van der Waals surface area contributed by atoms with E-state index in [-0.39, 0.29) is 11.4 Å². The molecule has 1 atom stereocenters. The number of rotatable bonds is 5. The molecule has 0 N–H and O–H groups in total. The molecule has 0 aliphatic carbocycles. The molecule has 29 heavy (non-hydrogen) atoms. The van der Waals surface area contributed by atoms with Crippen molar-refractivity contribution < 1.29 is 9.72 Å². The Morgan fingerprint density at radius 2 is 1.83 bits per heavy atom. The van der Waals surface area contributed by atoms with Crippen molar-refractivity contribution >= 4 is 11.6 Å². The molecule has 0 bridgehead atoms. The largest absolute Gasteiger partial charge is 0.333 e. The van der Waals surface area contributed by atoms with Crippen molar-refractivity contribution in [3.8, 4) is 5.69 Å². The molecule has 2 aromatic carbocycles. The second-order valence-electron chi connectivity index (χ2n) is 6.69. The topological polar surface area (TPSA) is 98.3 Å². The molecular weight excluding hydrogens is 372 g/mol. The van der Waals surface area contributed by atoms with Crippen LogP contribution in [0.3, 0.4) is 0 Å². The van der Waals surface area contributed by atoms with Crippen molar-refractivity contribution in [1.82, 2.24) is 14.7 Å². The Balaban J connectivity index is 1.96. The first-order valence-electron chi connectivity index (χ1n) is 8.97. The van der Waals surface area contributed by atoms with Crippen LogP contribution in [0.1, 0.15) is 34.7 Å². The number of hydrogen-bond acceptors (Lipinski definition) is 5. The fourth-order valence-corrected chi connectivity index (χ4v) is 2.99. The average molecular weight is 392 g/mol. The second-order valence-corrected chi connectivity index (χ2v) is 6.69. The van der Waals surface area contributed by atoms with Crippen LogP contribution in [0.15, 0.2) is 65.5 Å². The summed E-state index contributed by atoms with van der Waals surface area (Å²) in [6.45, 7) is 3.48. The predicted octanol–water partition coefficient (Wildman–Crippen LogP) is 3.28. The number of para-hydroxylation sites is 1. The minimum absolute atomic E-state index is 0.0601. The first-order chi connectivity index (χ1) is 13.8. The minimum atomic E-state index is -0.557. The summed E-state index contributed by atoms with van der Waals surface area (Å²) in [5.41, 5.74) is 1.18. The van der Waals surface area contributed by atoms with Crippen LogP contribution in [0.5, 0.6) is 0 Å². The lowest BCUT2D eigenvalue weighted by molar-refractivity contribution is -0.384. The Labute approximate surface area is 167 Å². The Morgan fingerprint density at radius 1 is 1.14 bits per heavy atom. The monoisotopic (exact) mass is 392 g/mol. The van der Waals surface area contributed by atoms with Crippen LogP contribution >= 0.6 is 0 Å². The summed E-state index contributed by atoms with van der Waals surface area (Å²) in [5.74, 6) is -0.557. The quantitative estimate of drug-likeness (QED) is 0.490. The number of hydrogen-bond donors (Lipinski definition) is 0. The van der Waals surface area contributed by atoms with Crippen LogP contribution in [0.2, 0.25) is 0 Å². The number of amides is 1. The smallest absolute Gasteiger partial charge is 0.278 e. The molecule has 148 valence electrons. The predicted molar refractivity (Wildman–Crippen MR) is 108 cm³/mol. The first-order valence-corrected chi connectivity index (χ1v) is 8.97. The Morgan fingerprint density at radius 3 is 2.48 bits per heavy atom. The normalized spacial score (nSPS) is 11.7. The summed E-state index contributed by atoms with van der Waals surface area (Å²) in [5, 5.41) is 15.3. The van der Waals surface area contributed by atoms with Gasteiger partial charge in [-0.3, -0.25) is 19.7 Å². The third kappa shape index (κ3) is 4.06. The van der Waals surface area contributed by atoms with Crippen LogP contribution in [-0.2, 0) is 0 Å². The maximum atomic E-state index is 13.0. The van der Waals surface area contributed by atoms with Crippen LogP contribution in [-0.4, -0.2) is 32.6 Å². The van der Waals surface area contributed by atoms with E-state index in [1.807, 2.05) is 30.3 Å². The summed E-state index contributed by atoms with van der Waals surface area (Å²) in [6.07, 6.45) is 0. The zero-order chi connectivity index (χ0) is 21.1. The number of nitrogens with zero attached hydrogens (tertiary/aromatic N) is 4. The summed E-state index contributed by atoms with van der Waals surface area (Å²) in [6, 6.07) is 16.1. The van der Waals surface area contributed by atoms with Crippen LogP contribution in [0.4, 0.5) is 5.69 Å². The van der Waals surface area contributed by atoms with E-state index in [9.17, 15) is 19.7 Å². The third-order valence-electron chi connectivity index (χ3n) is 4.78. The van der Waals surface area contributed by atoms with Gasteiger partial charge in [-0.25, -0.2) is 4.68 Å². The van der Waals surface area contributed by atoms with E-state index >= 15 is 0 Å². The highest BCUT2D eigenvalue weighted by Gasteiger charge is 2.24. The number of non-ortho nitro benzene ring substituents is 1. The molecule has 0 fully saturated rings. The third-order valence-corrected chi connectivity index (χ3v) is 4.78. The average Bonchev–Trinajstić information content (AvgIpc) is 2.73. The van der Waals surface area contributed by atoms with Gasteiger partial charge in [-0.05, 0) is 31.5 Å². The van der Waals surface area contributed by atoms with E-state index in [1.165, 1.54) is 23.1 Å². The zero-order valence-corrected chi connectivity index (χ0v) is 16.3. The van der Waals surface area contributed by atoms with Gasteiger partial charge in [0.05, 0.1) is 16.7 Å². The molecular formula is C21H20N4O4. The van der Waals surface area contributed by atoms with Gasteiger partial charge in [0, 0.05) is 30.9 Å². The Kier molecular flexibility index (Phi) is 5.54. The summed E-state index contributed by atoms with van der Waals surface area (Å²) in [7, 11) is 1.54. The molecule has 0 radical (unpaired) electrons. The molecule has 1 aromatic heterocycles. The number of carbonyl (C=O) groups is 1. The van der Waals surface area contributed by atoms with Crippen LogP contribution in [0, 0.1) is 17.0 Å². The molecule has 1 amide bonds. The summed E-state index contributed by atoms with van der Waals surface area (Å²) >= 11 is 0. The standard InChI is InChI=1S/C21H20N4O4/c1-14-12-19(26)20(22-24(14)17-9-5-4-6-10-17)21(27)23(3)15(2)16-8-7-11-18(13-16)25(28)29/h4-13,15H,1-3H3. The van der Waals surface area contributed by atoms with E-state index in [0.29, 0.717) is 11.3 Å². The minimum Gasteiger partial charge on any atom is -0.333 e. The number of nitro groups is 1. The fourth-order valence-electron chi connectivity index (χ4n) is 2.99. The highest BCUT2D eigenvalue weighted by Crippen LogP contribution is 2.23. The van der Waals surface area contributed by atoms with Gasteiger partial charge in [0.2, 0.25) is 5.43 Å². The molecule has 8 heteroatoms. The molecule has 1 heterocycles. The van der Waals surface area contributed by atoms with Crippen LogP contribution < -0.4 is 5.43 Å². The highest BCUT2D eigenvalue weighted by molar-refractivity contribution is 5.92. The first kappa shape index (κ1) is 19.9. The van der Waals surface area contributed by atoms with Gasteiger partial charge >= 0.3 is 0 Å². The van der Waals surface area contributed by atoms with Gasteiger partial charge in [0.25, 0.3) is 11.6 Å². The van der Waals surface area contributed by atoms with Crippen molar-refractivity contribution in [1.29, 1.82) is 0 Å². The molecule has 0 saturated heterocycles. The van der Waals surface area contributed by atoms with Gasteiger partial charge in [-0.2, -0.15) is 5.10 Å². The lowest BCUT2D eigenvalue weighted by atomic mass is 10.1. The van der Waals surface area contributed by atoms with Crippen molar-refractivity contribution in [3.05, 3.63) is 98.0 Å². The van der Waals surface area contributed by atoms with E-state index in [2.05, 4.69) is 5.10 Å². The lowest BCUT2D eigenvalue weighted by Crippen LogP contribution is -2.35. The Bertz CT molecular complexity index is 1130. The maximum absolute atomic E-state index is 13.0. The van der Waals surface area contributed by atoms with Crippen molar-refractivity contribution in [2.45, 2.75) is 19.9 Å². The van der Waals surface area contributed by atoms with E-state index in [4.69, 9.17) is 0 Å². The fraction of sp³-hybridized carbons (Fsp3) is 0.190. The van der Waals surface area contributed by atoms with Gasteiger partial charge < -0.3 is 4.90 Å². The summed E-state index contributed by atoms with van der Waals surface area (Å²) in [4.78, 5) is 37.4. The molecule has 1 unspecified atom stereocenters. The van der Waals surface area contributed by atoms with E-state index < -0.39 is 22.3 Å². The Hall–Kier alpha value is -3.81. The number of nitro benzene ring substituents is 1. The molecule has 3 aromatic rings.